The first-order valence-electron chi connectivity index (χ1n) is 13.0. The van der Waals surface area contributed by atoms with Crippen LogP contribution in [0.2, 0.25) is 0 Å². The number of aromatic amines is 2. The van der Waals surface area contributed by atoms with E-state index in [-0.39, 0.29) is 0 Å². The van der Waals surface area contributed by atoms with Crippen molar-refractivity contribution in [2.45, 2.75) is 107 Å². The molecule has 210 valence electrons. The van der Waals surface area contributed by atoms with Gasteiger partial charge in [0.05, 0.1) is 18.9 Å². The standard InChI is InChI=1S/C6H10N2.C5H10N4.C5H9N3.C4H8N4.2C2H6/c1-5(2)6-3-4-7-8-6;1-4(2)5-6-8-9(3)7-5;1-4(2)5-3-6-8-7-5;1-3(2)4-5-7-8-6-4;2*1-2/h4-5H,3H2,1-2H3;4H,1-3H3;3-4H,1-2H3,(H,6,7,8);3H,1-2H3,(H,5,6,7,8);2*1-2H3. The number of nitrogens with one attached hydrogen (secondary N) is 2. The highest BCUT2D eigenvalue weighted by molar-refractivity contribution is 5.99. The molecule has 0 amide bonds. The molecule has 0 saturated carbocycles. The molecule has 37 heavy (non-hydrogen) atoms. The van der Waals surface area contributed by atoms with E-state index in [2.05, 4.69) is 89.3 Å². The Labute approximate surface area is 222 Å². The number of hydrogen-bond donors (Lipinski definition) is 2. The Kier molecular flexibility index (Phi) is 21.1. The number of H-pyrrole nitrogens is 2. The number of nitrogens with zero attached hydrogens (tertiary/aromatic N) is 11. The molecule has 0 fully saturated rings. The molecule has 0 bridgehead atoms. The van der Waals surface area contributed by atoms with E-state index in [1.165, 1.54) is 10.5 Å². The first kappa shape index (κ1) is 35.8. The van der Waals surface area contributed by atoms with Gasteiger partial charge in [-0.25, -0.2) is 0 Å². The molecule has 13 heteroatoms. The number of aryl methyl sites for hydroxylation is 1. The van der Waals surface area contributed by atoms with E-state index in [0.29, 0.717) is 23.7 Å². The third-order valence-electron chi connectivity index (χ3n) is 4.18. The molecule has 1 aliphatic rings. The van der Waals surface area contributed by atoms with Crippen LogP contribution in [-0.4, -0.2) is 68.2 Å². The van der Waals surface area contributed by atoms with Crippen LogP contribution in [0.25, 0.3) is 0 Å². The molecule has 13 nitrogen and oxygen atoms in total. The lowest BCUT2D eigenvalue weighted by atomic mass is 10.1. The lowest BCUT2D eigenvalue weighted by Crippen LogP contribution is -2.03. The van der Waals surface area contributed by atoms with Gasteiger partial charge in [0.15, 0.2) is 11.6 Å². The van der Waals surface area contributed by atoms with Gasteiger partial charge in [-0.1, -0.05) is 88.3 Å². The van der Waals surface area contributed by atoms with Gasteiger partial charge in [-0.05, 0) is 17.0 Å². The second kappa shape index (κ2) is 21.9. The molecule has 4 rings (SSSR count). The Bertz CT molecular complexity index is 884. The summed E-state index contributed by atoms with van der Waals surface area (Å²) >= 11 is 0. The summed E-state index contributed by atoms with van der Waals surface area (Å²) in [4.78, 5) is 1.47. The summed E-state index contributed by atoms with van der Waals surface area (Å²) in [5, 5.41) is 42.6. The second-order valence-electron chi connectivity index (χ2n) is 8.51. The molecule has 0 radical (unpaired) electrons. The van der Waals surface area contributed by atoms with Gasteiger partial charge in [-0.15, -0.1) is 20.4 Å². The number of rotatable bonds is 4. The normalized spacial score (nSPS) is 11.2. The van der Waals surface area contributed by atoms with Crippen LogP contribution >= 0.6 is 0 Å². The van der Waals surface area contributed by atoms with Crippen molar-refractivity contribution in [3.8, 4) is 0 Å². The van der Waals surface area contributed by atoms with Gasteiger partial charge in [0.2, 0.25) is 0 Å². The van der Waals surface area contributed by atoms with Gasteiger partial charge < -0.3 is 0 Å². The molecule has 0 saturated heterocycles. The minimum atomic E-state index is 0.369. The van der Waals surface area contributed by atoms with E-state index >= 15 is 0 Å². The molecular formula is C24H49N13. The van der Waals surface area contributed by atoms with Crippen LogP contribution in [0.3, 0.4) is 0 Å². The predicted molar refractivity (Wildman–Crippen MR) is 150 cm³/mol. The highest BCUT2D eigenvalue weighted by Gasteiger charge is 2.06. The summed E-state index contributed by atoms with van der Waals surface area (Å²) in [7, 11) is 1.76. The molecule has 0 unspecified atom stereocenters. The zero-order valence-electron chi connectivity index (χ0n) is 25.1. The molecule has 4 heterocycles. The van der Waals surface area contributed by atoms with Gasteiger partial charge in [-0.2, -0.15) is 35.6 Å². The van der Waals surface area contributed by atoms with E-state index in [1.807, 2.05) is 61.6 Å². The van der Waals surface area contributed by atoms with E-state index in [9.17, 15) is 0 Å². The van der Waals surface area contributed by atoms with Crippen molar-refractivity contribution < 1.29 is 0 Å². The van der Waals surface area contributed by atoms with E-state index < -0.39 is 0 Å². The van der Waals surface area contributed by atoms with Gasteiger partial charge in [0, 0.05) is 30.2 Å². The highest BCUT2D eigenvalue weighted by atomic mass is 15.6. The summed E-state index contributed by atoms with van der Waals surface area (Å²) in [6.45, 7) is 24.5. The Hall–Kier alpha value is -3.38. The third-order valence-corrected chi connectivity index (χ3v) is 4.18. The summed E-state index contributed by atoms with van der Waals surface area (Å²) < 4.78 is 0. The molecule has 3 aromatic heterocycles. The molecule has 0 aliphatic carbocycles. The first-order valence-corrected chi connectivity index (χ1v) is 13.0. The van der Waals surface area contributed by atoms with Crippen molar-refractivity contribution in [2.24, 2.45) is 23.2 Å². The van der Waals surface area contributed by atoms with Crippen LogP contribution < -0.4 is 0 Å². The third kappa shape index (κ3) is 16.8. The maximum absolute atomic E-state index is 4.00. The van der Waals surface area contributed by atoms with Gasteiger partial charge in [0.25, 0.3) is 0 Å². The van der Waals surface area contributed by atoms with Crippen molar-refractivity contribution >= 4 is 11.9 Å². The van der Waals surface area contributed by atoms with Gasteiger partial charge >= 0.3 is 0 Å². The second-order valence-corrected chi connectivity index (χ2v) is 8.51. The smallest absolute Gasteiger partial charge is 0.177 e. The fourth-order valence-electron chi connectivity index (χ4n) is 2.07. The van der Waals surface area contributed by atoms with Crippen LogP contribution in [0.15, 0.2) is 16.4 Å². The molecule has 0 atom stereocenters. The Morgan fingerprint density at radius 1 is 0.757 bits per heavy atom. The van der Waals surface area contributed by atoms with Crippen LogP contribution in [0, 0.1) is 5.92 Å². The lowest BCUT2D eigenvalue weighted by Gasteiger charge is -1.98. The van der Waals surface area contributed by atoms with E-state index in [1.54, 1.807) is 13.2 Å². The maximum Gasteiger partial charge on any atom is 0.177 e. The van der Waals surface area contributed by atoms with Gasteiger partial charge in [0.1, 0.15) is 0 Å². The fourth-order valence-corrected chi connectivity index (χ4v) is 2.07. The topological polar surface area (TPSA) is 164 Å². The molecule has 1 aliphatic heterocycles. The van der Waals surface area contributed by atoms with Crippen molar-refractivity contribution in [3.63, 3.8) is 0 Å². The summed E-state index contributed by atoms with van der Waals surface area (Å²) in [6.07, 6.45) is 4.54. The minimum Gasteiger partial charge on any atom is -0.198 e. The van der Waals surface area contributed by atoms with Crippen LogP contribution in [0.4, 0.5) is 0 Å². The SMILES string of the molecule is CC.CC.CC(C)C1=NN=CC1.CC(C)c1cn[nH]n1.CC(C)c1nn[nH]n1.CC(C)c1nnn(C)n1. The average Bonchev–Trinajstić information content (AvgIpc) is 3.69. The Morgan fingerprint density at radius 3 is 1.59 bits per heavy atom. The summed E-state index contributed by atoms with van der Waals surface area (Å²) in [6, 6.07) is 0. The fraction of sp³-hybridized carbons (Fsp3) is 0.750. The van der Waals surface area contributed by atoms with Crippen molar-refractivity contribution in [1.82, 2.24) is 56.2 Å². The van der Waals surface area contributed by atoms with E-state index in [0.717, 1.165) is 23.8 Å². The summed E-state index contributed by atoms with van der Waals surface area (Å²) in [5.74, 6) is 3.36. The van der Waals surface area contributed by atoms with Crippen LogP contribution in [0.5, 0.6) is 0 Å². The quantitative estimate of drug-likeness (QED) is 0.480. The highest BCUT2D eigenvalue weighted by Crippen LogP contribution is 2.07. The molecule has 0 aromatic carbocycles. The average molecular weight is 520 g/mol. The Morgan fingerprint density at radius 2 is 1.38 bits per heavy atom. The molecule has 3 aromatic rings. The minimum absolute atomic E-state index is 0.369. The zero-order chi connectivity index (χ0) is 28.8. The zero-order valence-corrected chi connectivity index (χ0v) is 25.1. The molecular weight excluding hydrogens is 470 g/mol. The predicted octanol–water partition coefficient (Wildman–Crippen LogP) is 5.11. The lowest BCUT2D eigenvalue weighted by molar-refractivity contribution is 0.625. The Balaban J connectivity index is 0. The molecule has 0 spiro atoms. The summed E-state index contributed by atoms with van der Waals surface area (Å²) in [5.41, 5.74) is 2.22. The largest absolute Gasteiger partial charge is 0.198 e. The van der Waals surface area contributed by atoms with Crippen molar-refractivity contribution in [2.75, 3.05) is 0 Å². The van der Waals surface area contributed by atoms with Gasteiger partial charge in [-0.3, -0.25) is 0 Å². The number of hydrogen-bond acceptors (Lipinski definition) is 10. The van der Waals surface area contributed by atoms with Crippen LogP contribution in [-0.2, 0) is 7.05 Å². The van der Waals surface area contributed by atoms with Crippen LogP contribution in [0.1, 0.15) is 125 Å². The monoisotopic (exact) mass is 519 g/mol. The number of tetrazole rings is 2. The van der Waals surface area contributed by atoms with E-state index in [4.69, 9.17) is 0 Å². The first-order chi connectivity index (χ1) is 17.6. The van der Waals surface area contributed by atoms with Crippen molar-refractivity contribution in [1.29, 1.82) is 0 Å². The molecule has 2 N–H and O–H groups in total. The number of aromatic nitrogens is 11. The maximum atomic E-state index is 4.00. The van der Waals surface area contributed by atoms with Crippen molar-refractivity contribution in [3.05, 3.63) is 23.5 Å².